The molecule has 122 valence electrons. The van der Waals surface area contributed by atoms with E-state index in [1.807, 2.05) is 10.6 Å². The number of carbonyl (C=O) groups excluding carboxylic acids is 4. The van der Waals surface area contributed by atoms with Crippen molar-refractivity contribution in [3.63, 3.8) is 0 Å². The van der Waals surface area contributed by atoms with E-state index in [9.17, 15) is 19.2 Å². The lowest BCUT2D eigenvalue weighted by Gasteiger charge is -2.03. The highest BCUT2D eigenvalue weighted by atomic mass is 16.6. The van der Waals surface area contributed by atoms with Gasteiger partial charge in [0, 0.05) is 0 Å². The smallest absolute Gasteiger partial charge is 0.414 e. The fraction of sp³-hybridized carbons (Fsp3) is 0.143. The second-order valence-electron chi connectivity index (χ2n) is 3.91. The Hall–Kier alpha value is -3.36. The Labute approximate surface area is 130 Å². The maximum absolute atomic E-state index is 11.2. The second kappa shape index (κ2) is 8.82. The fourth-order valence-electron chi connectivity index (χ4n) is 1.23. The first-order valence-corrected chi connectivity index (χ1v) is 6.22. The average Bonchev–Trinajstić information content (AvgIpc) is 2.98. The molecule has 9 heteroatoms. The Morgan fingerprint density at radius 2 is 1.30 bits per heavy atom. The molecule has 23 heavy (non-hydrogen) atoms. The number of amides is 4. The first-order valence-electron chi connectivity index (χ1n) is 6.22. The highest BCUT2D eigenvalue weighted by Crippen LogP contribution is 2.10. The van der Waals surface area contributed by atoms with Crippen molar-refractivity contribution >= 4 is 24.0 Å². The summed E-state index contributed by atoms with van der Waals surface area (Å²) >= 11 is 0. The van der Waals surface area contributed by atoms with E-state index in [0.717, 1.165) is 12.2 Å². The number of ether oxygens (including phenoxy) is 2. The summed E-state index contributed by atoms with van der Waals surface area (Å²) in [7, 11) is 0. The topological polar surface area (TPSA) is 124 Å². The van der Waals surface area contributed by atoms with E-state index in [1.54, 1.807) is 0 Å². The standard InChI is InChI=1S/C14H14N2O7/c1-3-11(17)15-13(19)21-7-9-5-6-10(23-9)8-22-14(20)16-12(18)4-2/h3-6H,1-2,7-8H2,(H,15,17,19)(H,16,18,20). The van der Waals surface area contributed by atoms with Gasteiger partial charge in [0.15, 0.2) is 13.2 Å². The number of carbonyl (C=O) groups is 4. The van der Waals surface area contributed by atoms with Crippen LogP contribution in [0, 0.1) is 0 Å². The molecular formula is C14H14N2O7. The van der Waals surface area contributed by atoms with Gasteiger partial charge in [-0.25, -0.2) is 9.59 Å². The van der Waals surface area contributed by atoms with Crippen LogP contribution in [0.1, 0.15) is 11.5 Å². The molecule has 0 atom stereocenters. The fourth-order valence-corrected chi connectivity index (χ4v) is 1.23. The molecule has 0 unspecified atom stereocenters. The largest absolute Gasteiger partial charge is 0.459 e. The van der Waals surface area contributed by atoms with Gasteiger partial charge in [-0.3, -0.25) is 20.2 Å². The van der Waals surface area contributed by atoms with Crippen LogP contribution in [0.2, 0.25) is 0 Å². The van der Waals surface area contributed by atoms with Gasteiger partial charge in [-0.2, -0.15) is 0 Å². The summed E-state index contributed by atoms with van der Waals surface area (Å²) in [6.45, 7) is 5.91. The van der Waals surface area contributed by atoms with Gasteiger partial charge in [0.1, 0.15) is 11.5 Å². The minimum atomic E-state index is -0.952. The van der Waals surface area contributed by atoms with Crippen molar-refractivity contribution in [2.45, 2.75) is 13.2 Å². The number of rotatable bonds is 6. The lowest BCUT2D eigenvalue weighted by Crippen LogP contribution is -2.29. The first-order chi connectivity index (χ1) is 10.9. The number of nitrogens with one attached hydrogen (secondary N) is 2. The third-order valence-electron chi connectivity index (χ3n) is 2.23. The molecule has 0 bridgehead atoms. The monoisotopic (exact) mass is 322 g/mol. The van der Waals surface area contributed by atoms with Crippen LogP contribution in [0.3, 0.4) is 0 Å². The molecule has 0 aliphatic heterocycles. The van der Waals surface area contributed by atoms with Crippen LogP contribution < -0.4 is 10.6 Å². The molecule has 1 aromatic rings. The molecule has 0 aliphatic carbocycles. The normalized spacial score (nSPS) is 9.39. The number of alkyl carbamates (subject to hydrolysis) is 2. The van der Waals surface area contributed by atoms with Crippen LogP contribution in [-0.4, -0.2) is 24.0 Å². The lowest BCUT2D eigenvalue weighted by atomic mass is 10.4. The maximum Gasteiger partial charge on any atom is 0.414 e. The summed E-state index contributed by atoms with van der Waals surface area (Å²) in [5.74, 6) is -0.841. The molecule has 2 N–H and O–H groups in total. The molecule has 1 heterocycles. The molecule has 0 spiro atoms. The van der Waals surface area contributed by atoms with Crippen LogP contribution in [0.4, 0.5) is 9.59 Å². The van der Waals surface area contributed by atoms with Crippen molar-refractivity contribution in [1.82, 2.24) is 10.6 Å². The average molecular weight is 322 g/mol. The van der Waals surface area contributed by atoms with E-state index in [0.29, 0.717) is 0 Å². The van der Waals surface area contributed by atoms with Gasteiger partial charge in [-0.15, -0.1) is 0 Å². The second-order valence-corrected chi connectivity index (χ2v) is 3.91. The molecule has 0 saturated carbocycles. The van der Waals surface area contributed by atoms with E-state index in [-0.39, 0.29) is 24.7 Å². The first kappa shape index (κ1) is 17.7. The molecule has 1 aromatic heterocycles. The van der Waals surface area contributed by atoms with Crippen LogP contribution in [0.5, 0.6) is 0 Å². The van der Waals surface area contributed by atoms with Gasteiger partial charge < -0.3 is 13.9 Å². The van der Waals surface area contributed by atoms with Crippen LogP contribution >= 0.6 is 0 Å². The predicted octanol–water partition coefficient (Wildman–Crippen LogP) is 1.16. The highest BCUT2D eigenvalue weighted by Gasteiger charge is 2.10. The Balaban J connectivity index is 2.37. The van der Waals surface area contributed by atoms with E-state index < -0.39 is 24.0 Å². The highest BCUT2D eigenvalue weighted by molar-refractivity contribution is 5.98. The number of hydrogen-bond donors (Lipinski definition) is 2. The predicted molar refractivity (Wildman–Crippen MR) is 75.8 cm³/mol. The zero-order valence-electron chi connectivity index (χ0n) is 12.0. The van der Waals surface area contributed by atoms with E-state index in [1.165, 1.54) is 12.1 Å². The molecule has 4 amide bonds. The van der Waals surface area contributed by atoms with Gasteiger partial charge in [0.05, 0.1) is 0 Å². The summed E-state index contributed by atoms with van der Waals surface area (Å²) in [5, 5.41) is 3.79. The third kappa shape index (κ3) is 6.76. The molecule has 1 rings (SSSR count). The van der Waals surface area contributed by atoms with Gasteiger partial charge in [0.25, 0.3) is 11.8 Å². The van der Waals surface area contributed by atoms with E-state index in [2.05, 4.69) is 13.2 Å². The Kier molecular flexibility index (Phi) is 6.79. The van der Waals surface area contributed by atoms with E-state index >= 15 is 0 Å². The quantitative estimate of drug-likeness (QED) is 0.753. The SMILES string of the molecule is C=CC(=O)NC(=O)OCc1ccc(COC(=O)NC(=O)C=C)o1. The van der Waals surface area contributed by atoms with Crippen molar-refractivity contribution in [3.05, 3.63) is 49.0 Å². The van der Waals surface area contributed by atoms with Crippen molar-refractivity contribution in [2.75, 3.05) is 0 Å². The summed E-state index contributed by atoms with van der Waals surface area (Å²) in [6, 6.07) is 2.99. The van der Waals surface area contributed by atoms with Gasteiger partial charge in [-0.05, 0) is 24.3 Å². The van der Waals surface area contributed by atoms with Crippen LogP contribution in [-0.2, 0) is 32.3 Å². The third-order valence-corrected chi connectivity index (χ3v) is 2.23. The van der Waals surface area contributed by atoms with Crippen molar-refractivity contribution in [1.29, 1.82) is 0 Å². The van der Waals surface area contributed by atoms with Gasteiger partial charge >= 0.3 is 12.2 Å². The molecular weight excluding hydrogens is 308 g/mol. The summed E-state index contributed by atoms with van der Waals surface area (Å²) in [6.07, 6.45) is -0.0600. The molecule has 0 fully saturated rings. The lowest BCUT2D eigenvalue weighted by molar-refractivity contribution is -0.116. The molecule has 0 aliphatic rings. The molecule has 0 saturated heterocycles. The Morgan fingerprint density at radius 1 is 0.913 bits per heavy atom. The minimum absolute atomic E-state index is 0.225. The molecule has 0 radical (unpaired) electrons. The number of imide groups is 2. The van der Waals surface area contributed by atoms with Crippen molar-refractivity contribution in [2.24, 2.45) is 0 Å². The Bertz CT molecular complexity index is 580. The zero-order valence-corrected chi connectivity index (χ0v) is 12.0. The number of furan rings is 1. The summed E-state index contributed by atoms with van der Waals surface area (Å²) in [4.78, 5) is 44.0. The molecule has 9 nitrogen and oxygen atoms in total. The summed E-state index contributed by atoms with van der Waals surface area (Å²) < 4.78 is 14.7. The zero-order chi connectivity index (χ0) is 17.2. The molecule has 0 aromatic carbocycles. The Morgan fingerprint density at radius 3 is 1.65 bits per heavy atom. The maximum atomic E-state index is 11.2. The summed E-state index contributed by atoms with van der Waals surface area (Å²) in [5.41, 5.74) is 0. The van der Waals surface area contributed by atoms with Gasteiger partial charge in [0.2, 0.25) is 0 Å². The number of hydrogen-bond acceptors (Lipinski definition) is 7. The minimum Gasteiger partial charge on any atom is -0.459 e. The van der Waals surface area contributed by atoms with Gasteiger partial charge in [-0.1, -0.05) is 13.2 Å². The van der Waals surface area contributed by atoms with Crippen LogP contribution in [0.25, 0.3) is 0 Å². The van der Waals surface area contributed by atoms with Crippen LogP contribution in [0.15, 0.2) is 41.9 Å². The van der Waals surface area contributed by atoms with E-state index in [4.69, 9.17) is 13.9 Å². The van der Waals surface area contributed by atoms with Crippen molar-refractivity contribution in [3.8, 4) is 0 Å². The van der Waals surface area contributed by atoms with Crippen molar-refractivity contribution < 1.29 is 33.1 Å².